The molecule has 0 aliphatic heterocycles. The minimum atomic E-state index is -0.177. The summed E-state index contributed by atoms with van der Waals surface area (Å²) < 4.78 is 5.18. The number of aromatic nitrogens is 1. The van der Waals surface area contributed by atoms with Crippen LogP contribution in [0.1, 0.15) is 28.1 Å². The van der Waals surface area contributed by atoms with Crippen molar-refractivity contribution in [2.75, 3.05) is 26.7 Å². The van der Waals surface area contributed by atoms with Gasteiger partial charge in [-0.25, -0.2) is 0 Å². The minimum Gasteiger partial charge on any atom is -0.459 e. The number of carbonyl (C=O) groups is 1. The largest absolute Gasteiger partial charge is 0.459 e. The second-order valence-corrected chi connectivity index (χ2v) is 6.58. The lowest BCUT2D eigenvalue weighted by Crippen LogP contribution is -2.39. The molecule has 4 N–H and O–H groups in total. The van der Waals surface area contributed by atoms with E-state index in [9.17, 15) is 4.79 Å². The van der Waals surface area contributed by atoms with Crippen molar-refractivity contribution in [1.82, 2.24) is 20.9 Å². The molecule has 0 aliphatic carbocycles. The van der Waals surface area contributed by atoms with E-state index in [1.807, 2.05) is 13.0 Å². The molecule has 7 heteroatoms. The van der Waals surface area contributed by atoms with Crippen LogP contribution in [-0.2, 0) is 6.42 Å². The number of aryl methyl sites for hydroxylation is 1. The number of fused-ring (bicyclic) bond motifs is 1. The van der Waals surface area contributed by atoms with Crippen LogP contribution >= 0.6 is 0 Å². The van der Waals surface area contributed by atoms with Crippen molar-refractivity contribution in [3.63, 3.8) is 0 Å². The maximum atomic E-state index is 12.0. The summed E-state index contributed by atoms with van der Waals surface area (Å²) in [5.41, 5.74) is 3.29. The van der Waals surface area contributed by atoms with Crippen LogP contribution in [0.3, 0.4) is 0 Å². The highest BCUT2D eigenvalue weighted by molar-refractivity contribution is 5.92. The lowest BCUT2D eigenvalue weighted by Gasteiger charge is -2.12. The molecule has 0 spiro atoms. The van der Waals surface area contributed by atoms with E-state index in [0.717, 1.165) is 36.4 Å². The Labute approximate surface area is 164 Å². The Bertz CT molecular complexity index is 941. The molecule has 0 fully saturated rings. The number of hydrogen-bond acceptors (Lipinski definition) is 3. The third kappa shape index (κ3) is 4.94. The number of nitrogens with zero attached hydrogens (tertiary/aromatic N) is 1. The van der Waals surface area contributed by atoms with Crippen molar-refractivity contribution >= 4 is 22.8 Å². The van der Waals surface area contributed by atoms with Crippen molar-refractivity contribution in [1.29, 1.82) is 0 Å². The molecule has 0 saturated heterocycles. The number of rotatable bonds is 8. The number of amides is 1. The number of aromatic amines is 1. The van der Waals surface area contributed by atoms with Gasteiger partial charge in [0.2, 0.25) is 0 Å². The van der Waals surface area contributed by atoms with E-state index in [0.29, 0.717) is 18.8 Å². The number of guanidine groups is 1. The molecule has 2 heterocycles. The maximum Gasteiger partial charge on any atom is 0.287 e. The van der Waals surface area contributed by atoms with Gasteiger partial charge >= 0.3 is 0 Å². The molecule has 1 amide bonds. The molecule has 7 nitrogen and oxygen atoms in total. The van der Waals surface area contributed by atoms with Crippen LogP contribution < -0.4 is 16.0 Å². The quantitative estimate of drug-likeness (QED) is 0.274. The highest BCUT2D eigenvalue weighted by Crippen LogP contribution is 2.17. The molecular formula is C21H27N5O2. The number of furan rings is 1. The second-order valence-electron chi connectivity index (χ2n) is 6.58. The van der Waals surface area contributed by atoms with Crippen LogP contribution in [0.2, 0.25) is 0 Å². The highest BCUT2D eigenvalue weighted by atomic mass is 16.3. The number of benzene rings is 1. The first-order chi connectivity index (χ1) is 13.7. The van der Waals surface area contributed by atoms with Crippen molar-refractivity contribution in [2.45, 2.75) is 19.8 Å². The summed E-state index contributed by atoms with van der Waals surface area (Å²) in [5.74, 6) is 0.958. The Morgan fingerprint density at radius 3 is 2.68 bits per heavy atom. The van der Waals surface area contributed by atoms with Gasteiger partial charge in [0.25, 0.3) is 5.91 Å². The summed E-state index contributed by atoms with van der Waals surface area (Å²) in [6, 6.07) is 10.1. The van der Waals surface area contributed by atoms with E-state index in [4.69, 9.17) is 4.42 Å². The zero-order valence-corrected chi connectivity index (χ0v) is 16.3. The highest BCUT2D eigenvalue weighted by Gasteiger charge is 2.11. The SMILES string of the molecule is CN=C(NCCCNC(=O)c1occc1C)NCCc1c[nH]c2ccccc12. The van der Waals surface area contributed by atoms with Crippen molar-refractivity contribution in [3.05, 3.63) is 59.7 Å². The summed E-state index contributed by atoms with van der Waals surface area (Å²) in [6.07, 6.45) is 5.28. The third-order valence-corrected chi connectivity index (χ3v) is 4.59. The van der Waals surface area contributed by atoms with E-state index in [-0.39, 0.29) is 5.91 Å². The molecule has 3 rings (SSSR count). The maximum absolute atomic E-state index is 12.0. The normalized spacial score (nSPS) is 11.6. The second kappa shape index (κ2) is 9.64. The van der Waals surface area contributed by atoms with Crippen molar-refractivity contribution in [2.24, 2.45) is 4.99 Å². The Kier molecular flexibility index (Phi) is 6.73. The van der Waals surface area contributed by atoms with E-state index >= 15 is 0 Å². The van der Waals surface area contributed by atoms with Gasteiger partial charge in [0, 0.05) is 49.3 Å². The van der Waals surface area contributed by atoms with Gasteiger partial charge in [-0.3, -0.25) is 9.79 Å². The Hall–Kier alpha value is -3.22. The summed E-state index contributed by atoms with van der Waals surface area (Å²) in [7, 11) is 1.75. The minimum absolute atomic E-state index is 0.177. The standard InChI is InChI=1S/C21H27N5O2/c1-15-9-13-28-19(15)20(27)23-10-5-11-24-21(22-2)25-12-8-16-14-26-18-7-4-3-6-17(16)18/h3-4,6-7,9,13-14,26H,5,8,10-12H2,1-2H3,(H,23,27)(H2,22,24,25). The van der Waals surface area contributed by atoms with E-state index in [2.05, 4.69) is 50.3 Å². The van der Waals surface area contributed by atoms with Gasteiger partial charge in [-0.15, -0.1) is 0 Å². The van der Waals surface area contributed by atoms with Crippen LogP contribution in [0.4, 0.5) is 0 Å². The molecule has 0 unspecified atom stereocenters. The lowest BCUT2D eigenvalue weighted by atomic mass is 10.1. The average Bonchev–Trinajstić information content (AvgIpc) is 3.32. The van der Waals surface area contributed by atoms with E-state index < -0.39 is 0 Å². The number of carbonyl (C=O) groups excluding carboxylic acids is 1. The molecule has 148 valence electrons. The van der Waals surface area contributed by atoms with Gasteiger partial charge in [0.05, 0.1) is 6.26 Å². The van der Waals surface area contributed by atoms with Crippen molar-refractivity contribution < 1.29 is 9.21 Å². The molecule has 3 aromatic rings. The molecule has 2 aromatic heterocycles. The van der Waals surface area contributed by atoms with Crippen LogP contribution in [0.5, 0.6) is 0 Å². The molecule has 0 aliphatic rings. The fourth-order valence-electron chi connectivity index (χ4n) is 3.06. The van der Waals surface area contributed by atoms with Crippen LogP contribution in [0.15, 0.2) is 52.2 Å². The summed E-state index contributed by atoms with van der Waals surface area (Å²) in [5, 5.41) is 10.7. The fourth-order valence-corrected chi connectivity index (χ4v) is 3.06. The summed E-state index contributed by atoms with van der Waals surface area (Å²) in [4.78, 5) is 19.5. The number of hydrogen-bond donors (Lipinski definition) is 4. The van der Waals surface area contributed by atoms with Crippen LogP contribution in [0, 0.1) is 6.92 Å². The van der Waals surface area contributed by atoms with Gasteiger partial charge in [-0.05, 0) is 37.5 Å². The number of nitrogens with one attached hydrogen (secondary N) is 4. The van der Waals surface area contributed by atoms with Crippen LogP contribution in [-0.4, -0.2) is 43.5 Å². The first-order valence-electron chi connectivity index (χ1n) is 9.51. The number of para-hydroxylation sites is 1. The molecule has 0 atom stereocenters. The Morgan fingerprint density at radius 2 is 1.89 bits per heavy atom. The lowest BCUT2D eigenvalue weighted by molar-refractivity contribution is 0.0925. The third-order valence-electron chi connectivity index (χ3n) is 4.59. The van der Waals surface area contributed by atoms with Crippen molar-refractivity contribution in [3.8, 4) is 0 Å². The number of aliphatic imine (C=N–C) groups is 1. The summed E-state index contributed by atoms with van der Waals surface area (Å²) in [6.45, 7) is 3.92. The fraction of sp³-hybridized carbons (Fsp3) is 0.333. The molecule has 1 aromatic carbocycles. The first-order valence-corrected chi connectivity index (χ1v) is 9.51. The van der Waals surface area contributed by atoms with E-state index in [1.165, 1.54) is 17.2 Å². The summed E-state index contributed by atoms with van der Waals surface area (Å²) >= 11 is 0. The van der Waals surface area contributed by atoms with Gasteiger partial charge in [0.1, 0.15) is 0 Å². The van der Waals surface area contributed by atoms with Gasteiger partial charge in [-0.2, -0.15) is 0 Å². The predicted octanol–water partition coefficient (Wildman–Crippen LogP) is 2.60. The number of H-pyrrole nitrogens is 1. The molecule has 0 bridgehead atoms. The zero-order valence-electron chi connectivity index (χ0n) is 16.3. The Morgan fingerprint density at radius 1 is 1.11 bits per heavy atom. The molecule has 28 heavy (non-hydrogen) atoms. The molecule has 0 saturated carbocycles. The van der Waals surface area contributed by atoms with Gasteiger partial charge < -0.3 is 25.4 Å². The molecular weight excluding hydrogens is 354 g/mol. The van der Waals surface area contributed by atoms with E-state index in [1.54, 1.807) is 13.1 Å². The Balaban J connectivity index is 1.33. The average molecular weight is 381 g/mol. The first kappa shape index (κ1) is 19.5. The van der Waals surface area contributed by atoms with Crippen LogP contribution in [0.25, 0.3) is 10.9 Å². The molecule has 0 radical (unpaired) electrons. The smallest absolute Gasteiger partial charge is 0.287 e. The van der Waals surface area contributed by atoms with Gasteiger partial charge in [-0.1, -0.05) is 18.2 Å². The predicted molar refractivity (Wildman–Crippen MR) is 112 cm³/mol. The monoisotopic (exact) mass is 381 g/mol. The zero-order chi connectivity index (χ0) is 19.8. The topological polar surface area (TPSA) is 94.4 Å². The van der Waals surface area contributed by atoms with Gasteiger partial charge in [0.15, 0.2) is 11.7 Å².